The third-order valence-electron chi connectivity index (χ3n) is 7.97. The minimum atomic E-state index is -0.701. The van der Waals surface area contributed by atoms with Crippen molar-refractivity contribution in [2.75, 3.05) is 38.7 Å². The maximum atomic E-state index is 15.2. The fourth-order valence-electron chi connectivity index (χ4n) is 5.34. The number of halogens is 2. The minimum Gasteiger partial charge on any atom is -0.493 e. The van der Waals surface area contributed by atoms with Crippen LogP contribution < -0.4 is 19.5 Å². The van der Waals surface area contributed by atoms with Gasteiger partial charge in [0.2, 0.25) is 0 Å². The maximum Gasteiger partial charge on any atom is 0.277 e. The van der Waals surface area contributed by atoms with Gasteiger partial charge in [0, 0.05) is 35.9 Å². The number of methoxy groups -OCH3 is 1. The van der Waals surface area contributed by atoms with Gasteiger partial charge in [0.25, 0.3) is 5.91 Å². The van der Waals surface area contributed by atoms with E-state index < -0.39 is 17.5 Å². The molecule has 2 aromatic heterocycles. The van der Waals surface area contributed by atoms with Crippen LogP contribution in [0.3, 0.4) is 0 Å². The van der Waals surface area contributed by atoms with Crippen molar-refractivity contribution in [2.45, 2.75) is 26.2 Å². The number of hydrogen-bond acceptors (Lipinski definition) is 8. The molecule has 6 rings (SSSR count). The standard InChI is InChI=1S/C34H34F2N6O4/c1-22-11-15-41(16-12-22)14-5-17-45-33-20-27-24(19-32(33)44-2)30(10-13-37-27)46-31-9-8-23(18-26(31)36)38-34(43)28-21-42(40-39-28)29-7-4-3-6-25(29)35/h3-4,6-10,13,18-22H,5,11-12,14-17H2,1-2H3,(H,38,43). The summed E-state index contributed by atoms with van der Waals surface area (Å²) < 4.78 is 48.0. The first-order valence-corrected chi connectivity index (χ1v) is 15.2. The number of likely N-dealkylation sites (tertiary alicyclic amines) is 1. The monoisotopic (exact) mass is 628 g/mol. The molecule has 46 heavy (non-hydrogen) atoms. The van der Waals surface area contributed by atoms with Crippen molar-refractivity contribution in [3.63, 3.8) is 0 Å². The molecule has 1 N–H and O–H groups in total. The fourth-order valence-corrected chi connectivity index (χ4v) is 5.34. The van der Waals surface area contributed by atoms with Crippen LogP contribution in [0.5, 0.6) is 23.0 Å². The Morgan fingerprint density at radius 2 is 1.80 bits per heavy atom. The van der Waals surface area contributed by atoms with E-state index in [0.717, 1.165) is 42.7 Å². The zero-order valence-corrected chi connectivity index (χ0v) is 25.6. The van der Waals surface area contributed by atoms with Crippen molar-refractivity contribution in [1.82, 2.24) is 24.9 Å². The van der Waals surface area contributed by atoms with E-state index in [4.69, 9.17) is 14.2 Å². The Kier molecular flexibility index (Phi) is 9.34. The molecule has 1 amide bonds. The maximum absolute atomic E-state index is 15.2. The van der Waals surface area contributed by atoms with E-state index in [1.165, 1.54) is 43.3 Å². The second kappa shape index (κ2) is 13.9. The summed E-state index contributed by atoms with van der Waals surface area (Å²) in [5.41, 5.74) is 0.852. The molecular weight excluding hydrogens is 594 g/mol. The molecule has 12 heteroatoms. The van der Waals surface area contributed by atoms with Gasteiger partial charge in [-0.3, -0.25) is 9.78 Å². The molecule has 3 heterocycles. The van der Waals surface area contributed by atoms with Crippen LogP contribution in [0.25, 0.3) is 16.6 Å². The summed E-state index contributed by atoms with van der Waals surface area (Å²) in [5, 5.41) is 10.8. The fraction of sp³-hybridized carbons (Fsp3) is 0.294. The second-order valence-corrected chi connectivity index (χ2v) is 11.3. The van der Waals surface area contributed by atoms with E-state index in [-0.39, 0.29) is 22.8 Å². The number of hydrogen-bond donors (Lipinski definition) is 1. The Hall–Kier alpha value is -5.10. The first kappa shape index (κ1) is 30.9. The smallest absolute Gasteiger partial charge is 0.277 e. The van der Waals surface area contributed by atoms with Gasteiger partial charge in [0.1, 0.15) is 17.3 Å². The summed E-state index contributed by atoms with van der Waals surface area (Å²) >= 11 is 0. The minimum absolute atomic E-state index is 0.0533. The highest BCUT2D eigenvalue weighted by Crippen LogP contribution is 2.38. The normalized spacial score (nSPS) is 13.9. The molecule has 0 unspecified atom stereocenters. The summed E-state index contributed by atoms with van der Waals surface area (Å²) in [6.45, 7) is 6.11. The van der Waals surface area contributed by atoms with Gasteiger partial charge in [-0.05, 0) is 74.7 Å². The number of nitrogens with zero attached hydrogens (tertiary/aromatic N) is 5. The molecule has 0 aliphatic carbocycles. The van der Waals surface area contributed by atoms with E-state index >= 15 is 4.39 Å². The number of aromatic nitrogens is 4. The van der Waals surface area contributed by atoms with Gasteiger partial charge in [-0.2, -0.15) is 0 Å². The Bertz CT molecular complexity index is 1840. The largest absolute Gasteiger partial charge is 0.493 e. The van der Waals surface area contributed by atoms with Crippen LogP contribution in [-0.2, 0) is 0 Å². The average Bonchev–Trinajstić information content (AvgIpc) is 3.55. The molecule has 0 saturated carbocycles. The molecule has 10 nitrogen and oxygen atoms in total. The van der Waals surface area contributed by atoms with Crippen LogP contribution in [0.4, 0.5) is 14.5 Å². The quantitative estimate of drug-likeness (QED) is 0.162. The lowest BCUT2D eigenvalue weighted by Crippen LogP contribution is -2.34. The Balaban J connectivity index is 1.11. The molecule has 238 valence electrons. The van der Waals surface area contributed by atoms with Crippen LogP contribution in [-0.4, -0.2) is 64.1 Å². The lowest BCUT2D eigenvalue weighted by molar-refractivity contribution is 0.102. The van der Waals surface area contributed by atoms with E-state index in [0.29, 0.717) is 34.8 Å². The van der Waals surface area contributed by atoms with E-state index in [2.05, 4.69) is 32.4 Å². The first-order valence-electron chi connectivity index (χ1n) is 15.2. The molecule has 3 aromatic carbocycles. The summed E-state index contributed by atoms with van der Waals surface area (Å²) in [5.74, 6) is 0.358. The average molecular weight is 629 g/mol. The number of para-hydroxylation sites is 1. The molecule has 5 aromatic rings. The molecule has 1 aliphatic rings. The molecule has 0 bridgehead atoms. The number of fused-ring (bicyclic) bond motifs is 1. The molecule has 0 spiro atoms. The lowest BCUT2D eigenvalue weighted by atomic mass is 9.99. The van der Waals surface area contributed by atoms with Gasteiger partial charge < -0.3 is 24.4 Å². The first-order chi connectivity index (χ1) is 22.4. The van der Waals surface area contributed by atoms with Gasteiger partial charge in [-0.25, -0.2) is 13.5 Å². The Morgan fingerprint density at radius 3 is 2.59 bits per heavy atom. The van der Waals surface area contributed by atoms with Crippen molar-refractivity contribution in [2.24, 2.45) is 5.92 Å². The highest BCUT2D eigenvalue weighted by molar-refractivity contribution is 6.02. The van der Waals surface area contributed by atoms with Crippen molar-refractivity contribution < 1.29 is 27.8 Å². The number of carbonyl (C=O) groups excluding carboxylic acids is 1. The second-order valence-electron chi connectivity index (χ2n) is 11.3. The van der Waals surface area contributed by atoms with Crippen molar-refractivity contribution >= 4 is 22.5 Å². The number of pyridine rings is 1. The van der Waals surface area contributed by atoms with Crippen LogP contribution in [0.2, 0.25) is 0 Å². The summed E-state index contributed by atoms with van der Waals surface area (Å²) in [4.78, 5) is 19.7. The number of ether oxygens (including phenoxy) is 3. The van der Waals surface area contributed by atoms with Crippen LogP contribution in [0, 0.1) is 17.6 Å². The van der Waals surface area contributed by atoms with Crippen LogP contribution >= 0.6 is 0 Å². The third-order valence-corrected chi connectivity index (χ3v) is 7.97. The number of rotatable bonds is 11. The number of amides is 1. The van der Waals surface area contributed by atoms with Crippen LogP contribution in [0.15, 0.2) is 73.1 Å². The highest BCUT2D eigenvalue weighted by atomic mass is 19.1. The summed E-state index contributed by atoms with van der Waals surface area (Å²) in [6.07, 6.45) is 6.24. The van der Waals surface area contributed by atoms with Gasteiger partial charge in [0.15, 0.2) is 28.8 Å². The molecule has 1 aliphatic heterocycles. The van der Waals surface area contributed by atoms with Gasteiger partial charge in [-0.15, -0.1) is 5.10 Å². The van der Waals surface area contributed by atoms with Crippen LogP contribution in [0.1, 0.15) is 36.7 Å². The summed E-state index contributed by atoms with van der Waals surface area (Å²) in [7, 11) is 1.56. The highest BCUT2D eigenvalue weighted by Gasteiger charge is 2.18. The molecule has 0 atom stereocenters. The predicted molar refractivity (Wildman–Crippen MR) is 169 cm³/mol. The van der Waals surface area contributed by atoms with E-state index in [9.17, 15) is 9.18 Å². The zero-order valence-electron chi connectivity index (χ0n) is 25.6. The number of nitrogens with one attached hydrogen (secondary N) is 1. The number of piperidine rings is 1. The predicted octanol–water partition coefficient (Wildman–Crippen LogP) is 6.65. The van der Waals surface area contributed by atoms with Crippen molar-refractivity contribution in [3.05, 3.63) is 90.4 Å². The molecule has 0 radical (unpaired) electrons. The number of benzene rings is 3. The topological polar surface area (TPSA) is 104 Å². The molecular formula is C34H34F2N6O4. The molecule has 1 fully saturated rings. The van der Waals surface area contributed by atoms with E-state index in [1.54, 1.807) is 43.6 Å². The van der Waals surface area contributed by atoms with Gasteiger partial charge >= 0.3 is 0 Å². The zero-order chi connectivity index (χ0) is 32.0. The molecule has 1 saturated heterocycles. The Labute approximate surface area is 264 Å². The van der Waals surface area contributed by atoms with E-state index in [1.807, 2.05) is 0 Å². The van der Waals surface area contributed by atoms with Gasteiger partial charge in [-0.1, -0.05) is 24.3 Å². The number of carbonyl (C=O) groups is 1. The Morgan fingerprint density at radius 1 is 0.978 bits per heavy atom. The van der Waals surface area contributed by atoms with Gasteiger partial charge in [0.05, 0.1) is 25.4 Å². The van der Waals surface area contributed by atoms with Crippen molar-refractivity contribution in [1.29, 1.82) is 0 Å². The lowest BCUT2D eigenvalue weighted by Gasteiger charge is -2.30. The van der Waals surface area contributed by atoms with Crippen molar-refractivity contribution in [3.8, 4) is 28.7 Å². The third kappa shape index (κ3) is 7.07. The number of anilines is 1. The SMILES string of the molecule is COc1cc2c(Oc3ccc(NC(=O)c4cn(-c5ccccc5F)nn4)cc3F)ccnc2cc1OCCCN1CCC(C)CC1. The summed E-state index contributed by atoms with van der Waals surface area (Å²) in [6, 6.07) is 15.2.